The summed E-state index contributed by atoms with van der Waals surface area (Å²) in [5, 5.41) is 3.43. The van der Waals surface area contributed by atoms with Crippen LogP contribution in [0.25, 0.3) is 5.65 Å². The van der Waals surface area contributed by atoms with Crippen molar-refractivity contribution in [2.75, 3.05) is 12.4 Å². The number of benzene rings is 1. The monoisotopic (exact) mass is 329 g/mol. The smallest absolute Gasteiger partial charge is 0.274 e. The Morgan fingerprint density at radius 3 is 2.78 bits per heavy atom. The van der Waals surface area contributed by atoms with Crippen molar-refractivity contribution < 1.29 is 9.53 Å². The van der Waals surface area contributed by atoms with Crippen LogP contribution in [0.5, 0.6) is 5.75 Å². The fourth-order valence-electron chi connectivity index (χ4n) is 2.51. The highest BCUT2D eigenvalue weighted by atomic mass is 35.5. The molecule has 1 aromatic carbocycles. The van der Waals surface area contributed by atoms with Gasteiger partial charge < -0.3 is 10.1 Å². The number of hydrogen-bond acceptors (Lipinski definition) is 3. The Bertz CT molecular complexity index is 902. The Kier molecular flexibility index (Phi) is 3.96. The third-order valence-corrected chi connectivity index (χ3v) is 3.80. The zero-order valence-corrected chi connectivity index (χ0v) is 13.8. The number of ether oxygens (including phenoxy) is 1. The van der Waals surface area contributed by atoms with Gasteiger partial charge in [0.2, 0.25) is 0 Å². The molecule has 3 rings (SSSR count). The quantitative estimate of drug-likeness (QED) is 0.793. The van der Waals surface area contributed by atoms with Gasteiger partial charge in [0.1, 0.15) is 17.1 Å². The third kappa shape index (κ3) is 2.87. The van der Waals surface area contributed by atoms with Gasteiger partial charge in [0.05, 0.1) is 23.5 Å². The molecular weight excluding hydrogens is 314 g/mol. The molecule has 0 saturated carbocycles. The first kappa shape index (κ1) is 15.4. The van der Waals surface area contributed by atoms with Gasteiger partial charge in [0, 0.05) is 6.20 Å². The van der Waals surface area contributed by atoms with Crippen molar-refractivity contribution in [2.45, 2.75) is 13.8 Å². The number of hydrogen-bond donors (Lipinski definition) is 1. The van der Waals surface area contributed by atoms with Crippen molar-refractivity contribution in [3.63, 3.8) is 0 Å². The van der Waals surface area contributed by atoms with E-state index in [1.54, 1.807) is 36.8 Å². The zero-order chi connectivity index (χ0) is 16.6. The SMILES string of the molecule is COc1ccc(C)cc1NC(=O)c1c(C)nc2ccc(Cl)cn12. The molecule has 2 aromatic heterocycles. The van der Waals surface area contributed by atoms with Gasteiger partial charge in [-0.2, -0.15) is 0 Å². The first-order valence-electron chi connectivity index (χ1n) is 7.10. The second kappa shape index (κ2) is 5.93. The number of rotatable bonds is 3. The molecule has 0 aliphatic heterocycles. The number of carbonyl (C=O) groups excluding carboxylic acids is 1. The lowest BCUT2D eigenvalue weighted by Crippen LogP contribution is -2.16. The Labute approximate surface area is 138 Å². The van der Waals surface area contributed by atoms with E-state index < -0.39 is 0 Å². The van der Waals surface area contributed by atoms with Crippen LogP contribution in [-0.4, -0.2) is 22.4 Å². The number of nitrogens with zero attached hydrogens (tertiary/aromatic N) is 2. The predicted molar refractivity (Wildman–Crippen MR) is 90.6 cm³/mol. The summed E-state index contributed by atoms with van der Waals surface area (Å²) in [7, 11) is 1.57. The van der Waals surface area contributed by atoms with Gasteiger partial charge >= 0.3 is 0 Å². The fourth-order valence-corrected chi connectivity index (χ4v) is 2.67. The number of carbonyl (C=O) groups is 1. The van der Waals surface area contributed by atoms with Gasteiger partial charge in [0.15, 0.2) is 0 Å². The molecule has 5 nitrogen and oxygen atoms in total. The third-order valence-electron chi connectivity index (χ3n) is 3.57. The molecule has 23 heavy (non-hydrogen) atoms. The molecule has 3 aromatic rings. The molecule has 0 aliphatic rings. The standard InChI is InChI=1S/C17H16ClN3O2/c1-10-4-6-14(23-3)13(8-10)20-17(22)16-11(2)19-15-7-5-12(18)9-21(15)16/h4-9H,1-3H3,(H,20,22). The molecule has 118 valence electrons. The summed E-state index contributed by atoms with van der Waals surface area (Å²) >= 11 is 6.03. The number of fused-ring (bicyclic) bond motifs is 1. The second-order valence-corrected chi connectivity index (χ2v) is 5.72. The summed E-state index contributed by atoms with van der Waals surface area (Å²) in [6, 6.07) is 9.13. The highest BCUT2D eigenvalue weighted by Gasteiger charge is 2.18. The van der Waals surface area contributed by atoms with Gasteiger partial charge in [-0.15, -0.1) is 0 Å². The number of anilines is 1. The predicted octanol–water partition coefficient (Wildman–Crippen LogP) is 3.87. The number of nitrogens with one attached hydrogen (secondary N) is 1. The van der Waals surface area contributed by atoms with Crippen molar-refractivity contribution in [1.29, 1.82) is 0 Å². The molecule has 0 saturated heterocycles. The number of halogens is 1. The molecule has 0 fully saturated rings. The average molecular weight is 330 g/mol. The number of imidazole rings is 1. The summed E-state index contributed by atoms with van der Waals surface area (Å²) < 4.78 is 6.99. The van der Waals surface area contributed by atoms with E-state index in [9.17, 15) is 4.79 Å². The number of pyridine rings is 1. The van der Waals surface area contributed by atoms with Crippen LogP contribution in [0.4, 0.5) is 5.69 Å². The van der Waals surface area contributed by atoms with Crippen LogP contribution in [-0.2, 0) is 0 Å². The lowest BCUT2D eigenvalue weighted by molar-refractivity contribution is 0.102. The summed E-state index contributed by atoms with van der Waals surface area (Å²) in [5.41, 5.74) is 3.41. The molecule has 1 N–H and O–H groups in total. The Balaban J connectivity index is 2.03. The Morgan fingerprint density at radius 1 is 1.26 bits per heavy atom. The Hall–Kier alpha value is -2.53. The maximum absolute atomic E-state index is 12.7. The van der Waals surface area contributed by atoms with Crippen LogP contribution in [0.3, 0.4) is 0 Å². The molecule has 0 atom stereocenters. The minimum Gasteiger partial charge on any atom is -0.495 e. The first-order chi connectivity index (χ1) is 11.0. The average Bonchev–Trinajstić information content (AvgIpc) is 2.82. The van der Waals surface area contributed by atoms with E-state index in [4.69, 9.17) is 16.3 Å². The maximum Gasteiger partial charge on any atom is 0.274 e. The van der Waals surface area contributed by atoms with E-state index in [1.807, 2.05) is 25.1 Å². The minimum absolute atomic E-state index is 0.263. The molecule has 6 heteroatoms. The van der Waals surface area contributed by atoms with Crippen LogP contribution >= 0.6 is 11.6 Å². The number of aromatic nitrogens is 2. The lowest BCUT2D eigenvalue weighted by atomic mass is 10.2. The minimum atomic E-state index is -0.263. The number of amides is 1. The second-order valence-electron chi connectivity index (χ2n) is 5.28. The lowest BCUT2D eigenvalue weighted by Gasteiger charge is -2.11. The van der Waals surface area contributed by atoms with Gasteiger partial charge in [0.25, 0.3) is 5.91 Å². The van der Waals surface area contributed by atoms with E-state index >= 15 is 0 Å². The number of aryl methyl sites for hydroxylation is 2. The molecule has 0 unspecified atom stereocenters. The van der Waals surface area contributed by atoms with Gasteiger partial charge in [-0.1, -0.05) is 17.7 Å². The molecule has 0 radical (unpaired) electrons. The van der Waals surface area contributed by atoms with E-state index in [0.29, 0.717) is 33.5 Å². The summed E-state index contributed by atoms with van der Waals surface area (Å²) in [5.74, 6) is 0.342. The van der Waals surface area contributed by atoms with E-state index in [2.05, 4.69) is 10.3 Å². The van der Waals surface area contributed by atoms with Crippen molar-refractivity contribution in [3.8, 4) is 5.75 Å². The van der Waals surface area contributed by atoms with Crippen LogP contribution in [0.15, 0.2) is 36.5 Å². The maximum atomic E-state index is 12.7. The van der Waals surface area contributed by atoms with Gasteiger partial charge in [-0.3, -0.25) is 9.20 Å². The molecular formula is C17H16ClN3O2. The summed E-state index contributed by atoms with van der Waals surface area (Å²) in [6.07, 6.45) is 1.68. The molecule has 0 bridgehead atoms. The largest absolute Gasteiger partial charge is 0.495 e. The van der Waals surface area contributed by atoms with Crippen LogP contribution in [0, 0.1) is 13.8 Å². The van der Waals surface area contributed by atoms with E-state index in [0.717, 1.165) is 5.56 Å². The topological polar surface area (TPSA) is 55.6 Å². The van der Waals surface area contributed by atoms with Crippen LogP contribution < -0.4 is 10.1 Å². The molecule has 1 amide bonds. The van der Waals surface area contributed by atoms with Gasteiger partial charge in [-0.25, -0.2) is 4.98 Å². The summed E-state index contributed by atoms with van der Waals surface area (Å²) in [6.45, 7) is 3.75. The van der Waals surface area contributed by atoms with Crippen molar-refractivity contribution in [3.05, 3.63) is 58.5 Å². The zero-order valence-electron chi connectivity index (χ0n) is 13.1. The van der Waals surface area contributed by atoms with Crippen molar-refractivity contribution >= 4 is 28.8 Å². The highest BCUT2D eigenvalue weighted by molar-refractivity contribution is 6.30. The highest BCUT2D eigenvalue weighted by Crippen LogP contribution is 2.26. The molecule has 2 heterocycles. The van der Waals surface area contributed by atoms with Crippen LogP contribution in [0.2, 0.25) is 5.02 Å². The number of methoxy groups -OCH3 is 1. The van der Waals surface area contributed by atoms with Crippen molar-refractivity contribution in [1.82, 2.24) is 9.38 Å². The Morgan fingerprint density at radius 2 is 2.04 bits per heavy atom. The van der Waals surface area contributed by atoms with Crippen LogP contribution in [0.1, 0.15) is 21.7 Å². The summed E-state index contributed by atoms with van der Waals surface area (Å²) in [4.78, 5) is 17.1. The normalized spacial score (nSPS) is 10.8. The fraction of sp³-hybridized carbons (Fsp3) is 0.176. The van der Waals surface area contributed by atoms with Crippen molar-refractivity contribution in [2.24, 2.45) is 0 Å². The first-order valence-corrected chi connectivity index (χ1v) is 7.47. The molecule has 0 spiro atoms. The van der Waals surface area contributed by atoms with E-state index in [-0.39, 0.29) is 5.91 Å². The van der Waals surface area contributed by atoms with E-state index in [1.165, 1.54) is 0 Å². The van der Waals surface area contributed by atoms with Gasteiger partial charge in [-0.05, 0) is 43.7 Å². The molecule has 0 aliphatic carbocycles.